The summed E-state index contributed by atoms with van der Waals surface area (Å²) < 4.78 is 0. The molecule has 72 valence electrons. The Morgan fingerprint density at radius 2 is 2.29 bits per heavy atom. The van der Waals surface area contributed by atoms with Gasteiger partial charge >= 0.3 is 0 Å². The molecule has 0 unspecified atom stereocenters. The molecule has 1 heterocycles. The van der Waals surface area contributed by atoms with E-state index in [-0.39, 0.29) is 12.0 Å². The van der Waals surface area contributed by atoms with Crippen LogP contribution in [0, 0.1) is 0 Å². The molecular formula is C11H12N2O. The Morgan fingerprint density at radius 3 is 3.00 bits per heavy atom. The maximum absolute atomic E-state index is 9.31. The lowest BCUT2D eigenvalue weighted by atomic mass is 9.97. The molecule has 2 aromatic rings. The third-order valence-corrected chi connectivity index (χ3v) is 3.19. The first kappa shape index (κ1) is 8.00. The number of hydrogen-bond acceptors (Lipinski definition) is 2. The summed E-state index contributed by atoms with van der Waals surface area (Å²) >= 11 is 0. The number of hydrogen-bond donors (Lipinski definition) is 2. The van der Waals surface area contributed by atoms with Crippen LogP contribution in [-0.2, 0) is 5.41 Å². The number of fused-ring (bicyclic) bond motifs is 1. The van der Waals surface area contributed by atoms with Crippen LogP contribution in [0.25, 0.3) is 11.0 Å². The highest BCUT2D eigenvalue weighted by atomic mass is 16.3. The van der Waals surface area contributed by atoms with Crippen molar-refractivity contribution in [2.24, 2.45) is 0 Å². The molecule has 0 bridgehead atoms. The molecule has 0 spiro atoms. The first-order chi connectivity index (χ1) is 6.84. The average molecular weight is 188 g/mol. The van der Waals surface area contributed by atoms with Crippen molar-refractivity contribution in [3.05, 3.63) is 30.1 Å². The minimum absolute atomic E-state index is 0.0549. The summed E-state index contributed by atoms with van der Waals surface area (Å²) in [6, 6.07) is 6.19. The monoisotopic (exact) mass is 188 g/mol. The van der Waals surface area contributed by atoms with Crippen molar-refractivity contribution in [3.8, 4) is 0 Å². The van der Waals surface area contributed by atoms with E-state index in [9.17, 15) is 5.11 Å². The number of H-pyrrole nitrogens is 1. The van der Waals surface area contributed by atoms with Crippen LogP contribution in [0.15, 0.2) is 24.5 Å². The molecular weight excluding hydrogens is 176 g/mol. The third-order valence-electron chi connectivity index (χ3n) is 3.19. The second-order valence-electron chi connectivity index (χ2n) is 4.07. The van der Waals surface area contributed by atoms with Crippen LogP contribution >= 0.6 is 0 Å². The Labute approximate surface area is 81.8 Å². The zero-order chi connectivity index (χ0) is 9.60. The smallest absolute Gasteiger partial charge is 0.0931 e. The largest absolute Gasteiger partial charge is 0.395 e. The van der Waals surface area contributed by atoms with Crippen LogP contribution in [-0.4, -0.2) is 21.7 Å². The van der Waals surface area contributed by atoms with E-state index in [2.05, 4.69) is 22.1 Å². The van der Waals surface area contributed by atoms with E-state index in [1.807, 2.05) is 6.07 Å². The van der Waals surface area contributed by atoms with Gasteiger partial charge in [-0.25, -0.2) is 4.98 Å². The number of imidazole rings is 1. The van der Waals surface area contributed by atoms with Gasteiger partial charge in [-0.15, -0.1) is 0 Å². The number of benzene rings is 1. The Morgan fingerprint density at radius 1 is 1.43 bits per heavy atom. The van der Waals surface area contributed by atoms with Crippen LogP contribution in [0.3, 0.4) is 0 Å². The number of nitrogens with zero attached hydrogens (tertiary/aromatic N) is 1. The van der Waals surface area contributed by atoms with Crippen molar-refractivity contribution in [2.45, 2.75) is 18.3 Å². The molecule has 0 aliphatic heterocycles. The summed E-state index contributed by atoms with van der Waals surface area (Å²) in [6.07, 6.45) is 3.90. The lowest BCUT2D eigenvalue weighted by Gasteiger charge is -2.11. The van der Waals surface area contributed by atoms with E-state index >= 15 is 0 Å². The quantitative estimate of drug-likeness (QED) is 0.751. The predicted molar refractivity (Wildman–Crippen MR) is 54.1 cm³/mol. The number of aromatic nitrogens is 2. The standard InChI is InChI=1S/C11H12N2O/c14-6-11(3-4-11)8-1-2-9-10(5-8)13-7-12-9/h1-2,5,7,14H,3-4,6H2,(H,12,13). The summed E-state index contributed by atoms with van der Waals surface area (Å²) in [5.74, 6) is 0. The Bertz CT molecular complexity index is 471. The maximum Gasteiger partial charge on any atom is 0.0931 e. The average Bonchev–Trinajstić information content (AvgIpc) is 2.89. The van der Waals surface area contributed by atoms with Crippen LogP contribution in [0.2, 0.25) is 0 Å². The third kappa shape index (κ3) is 0.990. The molecule has 3 heteroatoms. The van der Waals surface area contributed by atoms with Gasteiger partial charge in [0.2, 0.25) is 0 Å². The molecule has 1 saturated carbocycles. The van der Waals surface area contributed by atoms with Crippen molar-refractivity contribution in [1.29, 1.82) is 0 Å². The zero-order valence-electron chi connectivity index (χ0n) is 7.83. The van der Waals surface area contributed by atoms with Crippen molar-refractivity contribution >= 4 is 11.0 Å². The topological polar surface area (TPSA) is 48.9 Å². The molecule has 1 aliphatic carbocycles. The Hall–Kier alpha value is -1.35. The zero-order valence-corrected chi connectivity index (χ0v) is 7.83. The summed E-state index contributed by atoms with van der Waals surface area (Å²) in [5.41, 5.74) is 3.33. The molecule has 0 saturated heterocycles. The van der Waals surface area contributed by atoms with E-state index in [4.69, 9.17) is 0 Å². The summed E-state index contributed by atoms with van der Waals surface area (Å²) in [4.78, 5) is 7.26. The van der Waals surface area contributed by atoms with E-state index in [1.165, 1.54) is 5.56 Å². The van der Waals surface area contributed by atoms with Crippen molar-refractivity contribution in [2.75, 3.05) is 6.61 Å². The highest BCUT2D eigenvalue weighted by Crippen LogP contribution is 2.47. The molecule has 2 N–H and O–H groups in total. The molecule has 1 aliphatic rings. The molecule has 14 heavy (non-hydrogen) atoms. The molecule has 3 rings (SSSR count). The van der Waals surface area contributed by atoms with Crippen molar-refractivity contribution in [3.63, 3.8) is 0 Å². The number of aliphatic hydroxyl groups excluding tert-OH is 1. The van der Waals surface area contributed by atoms with E-state index < -0.39 is 0 Å². The second-order valence-corrected chi connectivity index (χ2v) is 4.07. The Kier molecular flexibility index (Phi) is 1.47. The van der Waals surface area contributed by atoms with Crippen molar-refractivity contribution in [1.82, 2.24) is 9.97 Å². The fourth-order valence-electron chi connectivity index (χ4n) is 1.95. The van der Waals surface area contributed by atoms with Crippen LogP contribution in [0.4, 0.5) is 0 Å². The molecule has 1 aromatic carbocycles. The molecule has 1 fully saturated rings. The summed E-state index contributed by atoms with van der Waals surface area (Å²) in [5, 5.41) is 9.31. The lowest BCUT2D eigenvalue weighted by molar-refractivity contribution is 0.255. The van der Waals surface area contributed by atoms with E-state index in [0.29, 0.717) is 0 Å². The van der Waals surface area contributed by atoms with Crippen molar-refractivity contribution < 1.29 is 5.11 Å². The van der Waals surface area contributed by atoms with E-state index in [1.54, 1.807) is 6.33 Å². The van der Waals surface area contributed by atoms with Gasteiger partial charge in [0.25, 0.3) is 0 Å². The maximum atomic E-state index is 9.31. The molecule has 0 atom stereocenters. The predicted octanol–water partition coefficient (Wildman–Crippen LogP) is 1.59. The number of aromatic amines is 1. The first-order valence-electron chi connectivity index (χ1n) is 4.89. The van der Waals surface area contributed by atoms with Gasteiger partial charge in [0.1, 0.15) is 0 Å². The Balaban J connectivity index is 2.13. The second kappa shape index (κ2) is 2.58. The van der Waals surface area contributed by atoms with Gasteiger partial charge in [-0.3, -0.25) is 0 Å². The highest BCUT2D eigenvalue weighted by Gasteiger charge is 2.43. The highest BCUT2D eigenvalue weighted by molar-refractivity contribution is 5.75. The van der Waals surface area contributed by atoms with Gasteiger partial charge in [-0.05, 0) is 30.5 Å². The van der Waals surface area contributed by atoms with E-state index in [0.717, 1.165) is 23.9 Å². The van der Waals surface area contributed by atoms with Gasteiger partial charge in [-0.1, -0.05) is 6.07 Å². The van der Waals surface area contributed by atoms with Crippen LogP contribution < -0.4 is 0 Å². The molecule has 3 nitrogen and oxygen atoms in total. The molecule has 1 aromatic heterocycles. The SMILES string of the molecule is OCC1(c2ccc3nc[nH]c3c2)CC1. The molecule has 0 radical (unpaired) electrons. The minimum atomic E-state index is 0.0549. The number of aliphatic hydroxyl groups is 1. The summed E-state index contributed by atoms with van der Waals surface area (Å²) in [7, 11) is 0. The fourth-order valence-corrected chi connectivity index (χ4v) is 1.95. The lowest BCUT2D eigenvalue weighted by Crippen LogP contribution is -2.11. The number of rotatable bonds is 2. The van der Waals surface area contributed by atoms with Gasteiger partial charge < -0.3 is 10.1 Å². The normalized spacial score (nSPS) is 18.6. The first-order valence-corrected chi connectivity index (χ1v) is 4.89. The van der Waals surface area contributed by atoms with Gasteiger partial charge in [-0.2, -0.15) is 0 Å². The van der Waals surface area contributed by atoms with Crippen LogP contribution in [0.5, 0.6) is 0 Å². The van der Waals surface area contributed by atoms with Gasteiger partial charge in [0.05, 0.1) is 24.0 Å². The van der Waals surface area contributed by atoms with Crippen LogP contribution in [0.1, 0.15) is 18.4 Å². The number of nitrogens with one attached hydrogen (secondary N) is 1. The minimum Gasteiger partial charge on any atom is -0.395 e. The fraction of sp³-hybridized carbons (Fsp3) is 0.364. The van der Waals surface area contributed by atoms with Gasteiger partial charge in [0, 0.05) is 5.41 Å². The van der Waals surface area contributed by atoms with Gasteiger partial charge in [0.15, 0.2) is 0 Å². The molecule has 0 amide bonds. The summed E-state index contributed by atoms with van der Waals surface area (Å²) in [6.45, 7) is 0.257.